The maximum Gasteiger partial charge on any atom is 0.307 e. The van der Waals surface area contributed by atoms with E-state index in [1.807, 2.05) is 18.0 Å². The molecule has 0 saturated carbocycles. The monoisotopic (exact) mass is 307 g/mol. The normalized spacial score (nSPS) is 12.9. The highest BCUT2D eigenvalue weighted by atomic mass is 32.1. The fraction of sp³-hybridized carbons (Fsp3) is 0.533. The van der Waals surface area contributed by atoms with Gasteiger partial charge in [0.05, 0.1) is 18.6 Å². The summed E-state index contributed by atoms with van der Waals surface area (Å²) in [4.78, 5) is 18.4. The molecule has 0 fully saturated rings. The molecular weight excluding hydrogens is 286 g/mol. The van der Waals surface area contributed by atoms with Gasteiger partial charge in [-0.05, 0) is 37.8 Å². The van der Waals surface area contributed by atoms with Crippen LogP contribution in [0.2, 0.25) is 0 Å². The van der Waals surface area contributed by atoms with Crippen LogP contribution in [0.15, 0.2) is 6.07 Å². The summed E-state index contributed by atoms with van der Waals surface area (Å²) >= 11 is 5.14. The van der Waals surface area contributed by atoms with Crippen LogP contribution in [-0.4, -0.2) is 36.1 Å². The second-order valence-electron chi connectivity index (χ2n) is 5.16. The van der Waals surface area contributed by atoms with Crippen LogP contribution in [0.3, 0.4) is 0 Å². The predicted molar refractivity (Wildman–Crippen MR) is 86.7 cm³/mol. The zero-order valence-electron chi connectivity index (χ0n) is 12.5. The first kappa shape index (κ1) is 15.7. The molecule has 0 aliphatic heterocycles. The van der Waals surface area contributed by atoms with Gasteiger partial charge in [-0.1, -0.05) is 12.2 Å². The number of hydrogen-bond donors (Lipinski definition) is 1. The van der Waals surface area contributed by atoms with E-state index in [9.17, 15) is 4.79 Å². The van der Waals surface area contributed by atoms with Gasteiger partial charge in [-0.15, -0.1) is 0 Å². The Kier molecular flexibility index (Phi) is 5.12. The Labute approximate surface area is 130 Å². The third-order valence-electron chi connectivity index (χ3n) is 3.61. The van der Waals surface area contributed by atoms with Gasteiger partial charge in [-0.25, -0.2) is 4.98 Å². The molecule has 0 radical (unpaired) electrons. The van der Waals surface area contributed by atoms with E-state index in [-0.39, 0.29) is 5.97 Å². The van der Waals surface area contributed by atoms with E-state index in [4.69, 9.17) is 27.7 Å². The lowest BCUT2D eigenvalue weighted by Crippen LogP contribution is -2.26. The molecule has 0 bridgehead atoms. The van der Waals surface area contributed by atoms with Crippen molar-refractivity contribution in [2.45, 2.75) is 32.6 Å². The maximum absolute atomic E-state index is 11.5. The molecule has 1 aromatic heterocycles. The summed E-state index contributed by atoms with van der Waals surface area (Å²) in [6.45, 7) is 2.73. The molecule has 1 aliphatic rings. The van der Waals surface area contributed by atoms with Crippen molar-refractivity contribution < 1.29 is 9.53 Å². The number of pyridine rings is 1. The van der Waals surface area contributed by atoms with Crippen LogP contribution in [0.1, 0.15) is 36.6 Å². The number of anilines is 1. The number of carbonyl (C=O) groups is 1. The largest absolute Gasteiger partial charge is 0.466 e. The van der Waals surface area contributed by atoms with E-state index >= 15 is 0 Å². The van der Waals surface area contributed by atoms with Crippen LogP contribution in [0.4, 0.5) is 5.82 Å². The first-order valence-electron chi connectivity index (χ1n) is 7.22. The lowest BCUT2D eigenvalue weighted by molar-refractivity contribution is -0.142. The van der Waals surface area contributed by atoms with Gasteiger partial charge in [-0.3, -0.25) is 4.79 Å². The average Bonchev–Trinajstić information content (AvgIpc) is 2.90. The van der Waals surface area contributed by atoms with Crippen molar-refractivity contribution in [3.05, 3.63) is 22.9 Å². The Morgan fingerprint density at radius 1 is 1.52 bits per heavy atom. The Bertz CT molecular complexity index is 560. The standard InChI is InChI=1S/C15H21N3O2S/c1-3-20-13(19)7-8-18(2)15-11(14(16)21)9-10-5-4-6-12(10)17-15/h9H,3-8H2,1-2H3,(H2,16,21). The highest BCUT2D eigenvalue weighted by Gasteiger charge is 2.20. The van der Waals surface area contributed by atoms with E-state index in [1.54, 1.807) is 6.92 Å². The van der Waals surface area contributed by atoms with Crippen molar-refractivity contribution in [2.24, 2.45) is 5.73 Å². The molecule has 5 nitrogen and oxygen atoms in total. The third-order valence-corrected chi connectivity index (χ3v) is 3.83. The van der Waals surface area contributed by atoms with Crippen molar-refractivity contribution in [2.75, 3.05) is 25.1 Å². The van der Waals surface area contributed by atoms with Gasteiger partial charge in [-0.2, -0.15) is 0 Å². The van der Waals surface area contributed by atoms with Crippen molar-refractivity contribution in [1.82, 2.24) is 4.98 Å². The molecule has 0 amide bonds. The van der Waals surface area contributed by atoms with Crippen molar-refractivity contribution in [3.8, 4) is 0 Å². The second-order valence-corrected chi connectivity index (χ2v) is 5.60. The number of thiocarbonyl (C=S) groups is 1. The Hall–Kier alpha value is -1.69. The Balaban J connectivity index is 2.17. The number of carbonyl (C=O) groups excluding carboxylic acids is 1. The third kappa shape index (κ3) is 3.69. The average molecular weight is 307 g/mol. The van der Waals surface area contributed by atoms with Crippen LogP contribution in [0.5, 0.6) is 0 Å². The number of aryl methyl sites for hydroxylation is 2. The fourth-order valence-electron chi connectivity index (χ4n) is 2.53. The number of nitrogens with two attached hydrogens (primary N) is 1. The number of esters is 1. The summed E-state index contributed by atoms with van der Waals surface area (Å²) in [6, 6.07) is 2.05. The van der Waals surface area contributed by atoms with Crippen LogP contribution in [-0.2, 0) is 22.4 Å². The number of ether oxygens (including phenoxy) is 1. The summed E-state index contributed by atoms with van der Waals surface area (Å²) in [7, 11) is 1.89. The molecule has 0 atom stereocenters. The molecule has 1 heterocycles. The Morgan fingerprint density at radius 3 is 2.95 bits per heavy atom. The SMILES string of the molecule is CCOC(=O)CCN(C)c1nc2c(cc1C(N)=S)CCC2. The van der Waals surface area contributed by atoms with Crippen LogP contribution >= 0.6 is 12.2 Å². The molecule has 1 aromatic rings. The smallest absolute Gasteiger partial charge is 0.307 e. The molecule has 0 spiro atoms. The lowest BCUT2D eigenvalue weighted by Gasteiger charge is -2.21. The van der Waals surface area contributed by atoms with Crippen molar-refractivity contribution >= 4 is 29.0 Å². The molecule has 2 N–H and O–H groups in total. The van der Waals surface area contributed by atoms with Crippen molar-refractivity contribution in [1.29, 1.82) is 0 Å². The number of rotatable bonds is 6. The molecule has 0 aromatic carbocycles. The van der Waals surface area contributed by atoms with Gasteiger partial charge in [0.1, 0.15) is 10.8 Å². The molecule has 2 rings (SSSR count). The summed E-state index contributed by atoms with van der Waals surface area (Å²) in [5, 5.41) is 0. The minimum atomic E-state index is -0.206. The maximum atomic E-state index is 11.5. The molecule has 21 heavy (non-hydrogen) atoms. The zero-order valence-corrected chi connectivity index (χ0v) is 13.3. The van der Waals surface area contributed by atoms with Gasteiger partial charge in [0.2, 0.25) is 0 Å². The van der Waals surface area contributed by atoms with Crippen LogP contribution in [0, 0.1) is 0 Å². The first-order valence-corrected chi connectivity index (χ1v) is 7.63. The molecule has 1 aliphatic carbocycles. The van der Waals surface area contributed by atoms with Crippen LogP contribution < -0.4 is 10.6 Å². The number of aromatic nitrogens is 1. The Morgan fingerprint density at radius 2 is 2.29 bits per heavy atom. The molecule has 0 saturated heterocycles. The van der Waals surface area contributed by atoms with E-state index in [2.05, 4.69) is 0 Å². The fourth-order valence-corrected chi connectivity index (χ4v) is 2.68. The highest BCUT2D eigenvalue weighted by Crippen LogP contribution is 2.27. The van der Waals surface area contributed by atoms with Crippen LogP contribution in [0.25, 0.3) is 0 Å². The zero-order chi connectivity index (χ0) is 15.4. The minimum Gasteiger partial charge on any atom is -0.466 e. The molecule has 6 heteroatoms. The summed E-state index contributed by atoms with van der Waals surface area (Å²) in [5.74, 6) is 0.551. The quantitative estimate of drug-likeness (QED) is 0.636. The van der Waals surface area contributed by atoms with Gasteiger partial charge >= 0.3 is 5.97 Å². The molecular formula is C15H21N3O2S. The number of hydrogen-bond acceptors (Lipinski definition) is 5. The lowest BCUT2D eigenvalue weighted by atomic mass is 10.1. The van der Waals surface area contributed by atoms with Gasteiger partial charge in [0.15, 0.2) is 0 Å². The van der Waals surface area contributed by atoms with Gasteiger partial charge in [0.25, 0.3) is 0 Å². The first-order chi connectivity index (χ1) is 10.0. The molecule has 0 unspecified atom stereocenters. The summed E-state index contributed by atoms with van der Waals surface area (Å²) in [6.07, 6.45) is 3.46. The van der Waals surface area contributed by atoms with Gasteiger partial charge in [0, 0.05) is 19.3 Å². The van der Waals surface area contributed by atoms with E-state index in [0.717, 1.165) is 36.3 Å². The second kappa shape index (κ2) is 6.85. The topological polar surface area (TPSA) is 68.5 Å². The predicted octanol–water partition coefficient (Wildman–Crippen LogP) is 1.59. The highest BCUT2D eigenvalue weighted by molar-refractivity contribution is 7.80. The van der Waals surface area contributed by atoms with E-state index in [1.165, 1.54) is 5.56 Å². The number of fused-ring (bicyclic) bond motifs is 1. The summed E-state index contributed by atoms with van der Waals surface area (Å²) in [5.41, 5.74) is 8.97. The van der Waals surface area contributed by atoms with E-state index in [0.29, 0.717) is 24.6 Å². The molecule has 114 valence electrons. The minimum absolute atomic E-state index is 0.206. The van der Waals surface area contributed by atoms with Gasteiger partial charge < -0.3 is 15.4 Å². The van der Waals surface area contributed by atoms with Crippen molar-refractivity contribution in [3.63, 3.8) is 0 Å². The summed E-state index contributed by atoms with van der Waals surface area (Å²) < 4.78 is 4.94. The van der Waals surface area contributed by atoms with E-state index < -0.39 is 0 Å². The number of nitrogens with zero attached hydrogens (tertiary/aromatic N) is 2.